The Labute approximate surface area is 106 Å². The Morgan fingerprint density at radius 2 is 1.39 bits per heavy atom. The molecule has 6 heteroatoms. The van der Waals surface area contributed by atoms with Crippen LogP contribution in [0, 0.1) is 0 Å². The number of carbonyl (C=O) groups is 2. The summed E-state index contributed by atoms with van der Waals surface area (Å²) in [6.45, 7) is 0. The van der Waals surface area contributed by atoms with Gasteiger partial charge >= 0.3 is 11.9 Å². The Hall–Kier alpha value is -1.14. The van der Waals surface area contributed by atoms with Crippen molar-refractivity contribution >= 4 is 11.9 Å². The zero-order chi connectivity index (χ0) is 13.2. The summed E-state index contributed by atoms with van der Waals surface area (Å²) in [5.74, 6) is -2.03. The topological polar surface area (TPSA) is 71.1 Å². The van der Waals surface area contributed by atoms with Crippen LogP contribution in [0.4, 0.5) is 0 Å². The minimum atomic E-state index is -1.03. The Morgan fingerprint density at radius 1 is 0.944 bits per heavy atom. The maximum Gasteiger partial charge on any atom is 0.338 e. The first-order valence-corrected chi connectivity index (χ1v) is 6.13. The van der Waals surface area contributed by atoms with Crippen LogP contribution in [0.15, 0.2) is 0 Å². The second kappa shape index (κ2) is 5.24. The lowest BCUT2D eigenvalue weighted by molar-refractivity contribution is -0.202. The standard InChI is InChI=1S/C12H18O6/c1-15-10(13)8-9(11(14)16-2)18-12(17-8)6-4-3-5-7-12/h8-9H,3-7H2,1-2H3/t8-,9-/m1/s1. The molecule has 0 radical (unpaired) electrons. The number of hydrogen-bond donors (Lipinski definition) is 0. The van der Waals surface area contributed by atoms with E-state index in [1.165, 1.54) is 14.2 Å². The summed E-state index contributed by atoms with van der Waals surface area (Å²) in [6, 6.07) is 0. The van der Waals surface area contributed by atoms with Crippen LogP contribution < -0.4 is 0 Å². The molecule has 1 saturated heterocycles. The zero-order valence-corrected chi connectivity index (χ0v) is 10.6. The molecular weight excluding hydrogens is 240 g/mol. The molecule has 102 valence electrons. The molecule has 0 bridgehead atoms. The van der Waals surface area contributed by atoms with Crippen LogP contribution in [0.2, 0.25) is 0 Å². The molecule has 1 heterocycles. The molecule has 0 aromatic heterocycles. The maximum atomic E-state index is 11.6. The van der Waals surface area contributed by atoms with Crippen LogP contribution >= 0.6 is 0 Å². The van der Waals surface area contributed by atoms with Crippen molar-refractivity contribution in [3.63, 3.8) is 0 Å². The largest absolute Gasteiger partial charge is 0.467 e. The van der Waals surface area contributed by atoms with Crippen molar-refractivity contribution in [2.24, 2.45) is 0 Å². The van der Waals surface area contributed by atoms with Crippen molar-refractivity contribution in [3.8, 4) is 0 Å². The molecule has 2 aliphatic rings. The van der Waals surface area contributed by atoms with E-state index in [1.807, 2.05) is 0 Å². The fourth-order valence-electron chi connectivity index (χ4n) is 2.52. The first-order chi connectivity index (χ1) is 8.62. The number of methoxy groups -OCH3 is 2. The molecule has 1 spiro atoms. The molecule has 1 aliphatic heterocycles. The fourth-order valence-corrected chi connectivity index (χ4v) is 2.52. The molecule has 2 rings (SSSR count). The van der Waals surface area contributed by atoms with Gasteiger partial charge in [0.05, 0.1) is 14.2 Å². The number of esters is 2. The Bertz CT molecular complexity index is 307. The second-order valence-corrected chi connectivity index (χ2v) is 4.59. The summed E-state index contributed by atoms with van der Waals surface area (Å²) in [6.07, 6.45) is 2.35. The number of carbonyl (C=O) groups excluding carboxylic acids is 2. The van der Waals surface area contributed by atoms with E-state index in [1.54, 1.807) is 0 Å². The van der Waals surface area contributed by atoms with Gasteiger partial charge in [-0.2, -0.15) is 0 Å². The summed E-state index contributed by atoms with van der Waals surface area (Å²) < 4.78 is 20.6. The molecule has 6 nitrogen and oxygen atoms in total. The van der Waals surface area contributed by atoms with Crippen LogP contribution in [0.1, 0.15) is 32.1 Å². The summed E-state index contributed by atoms with van der Waals surface area (Å²) >= 11 is 0. The minimum Gasteiger partial charge on any atom is -0.467 e. The Balaban J connectivity index is 2.16. The van der Waals surface area contributed by atoms with Crippen molar-refractivity contribution in [1.82, 2.24) is 0 Å². The Morgan fingerprint density at radius 3 is 1.78 bits per heavy atom. The number of hydrogen-bond acceptors (Lipinski definition) is 6. The van der Waals surface area contributed by atoms with E-state index in [0.29, 0.717) is 12.8 Å². The molecule has 2 fully saturated rings. The van der Waals surface area contributed by atoms with Crippen LogP contribution in [0.3, 0.4) is 0 Å². The van der Waals surface area contributed by atoms with E-state index < -0.39 is 29.9 Å². The van der Waals surface area contributed by atoms with Crippen molar-refractivity contribution in [3.05, 3.63) is 0 Å². The molecule has 0 aromatic carbocycles. The van der Waals surface area contributed by atoms with Crippen molar-refractivity contribution < 1.29 is 28.5 Å². The molecule has 0 aromatic rings. The van der Waals surface area contributed by atoms with Crippen molar-refractivity contribution in [1.29, 1.82) is 0 Å². The second-order valence-electron chi connectivity index (χ2n) is 4.59. The lowest BCUT2D eigenvalue weighted by Gasteiger charge is -2.31. The lowest BCUT2D eigenvalue weighted by Crippen LogP contribution is -2.38. The normalized spacial score (nSPS) is 30.1. The fraction of sp³-hybridized carbons (Fsp3) is 0.833. The first-order valence-electron chi connectivity index (χ1n) is 6.13. The predicted molar refractivity (Wildman–Crippen MR) is 59.6 cm³/mol. The quantitative estimate of drug-likeness (QED) is 0.681. The molecular formula is C12H18O6. The van der Waals surface area contributed by atoms with Gasteiger partial charge in [-0.25, -0.2) is 9.59 Å². The number of ether oxygens (including phenoxy) is 4. The van der Waals surface area contributed by atoms with Gasteiger partial charge in [-0.05, 0) is 12.8 Å². The Kier molecular flexibility index (Phi) is 3.87. The zero-order valence-electron chi connectivity index (χ0n) is 10.6. The highest BCUT2D eigenvalue weighted by molar-refractivity contribution is 5.86. The SMILES string of the molecule is COC(=O)[C@@H]1OC2(CCCCC2)O[C@H]1C(=O)OC. The number of rotatable bonds is 2. The molecule has 0 unspecified atom stereocenters. The molecule has 18 heavy (non-hydrogen) atoms. The molecule has 1 aliphatic carbocycles. The van der Waals surface area contributed by atoms with E-state index in [2.05, 4.69) is 9.47 Å². The third kappa shape index (κ3) is 2.35. The highest BCUT2D eigenvalue weighted by Gasteiger charge is 2.54. The van der Waals surface area contributed by atoms with Crippen molar-refractivity contribution in [2.45, 2.75) is 50.1 Å². The van der Waals surface area contributed by atoms with Crippen LogP contribution in [-0.2, 0) is 28.5 Å². The van der Waals surface area contributed by atoms with E-state index in [4.69, 9.17) is 9.47 Å². The van der Waals surface area contributed by atoms with E-state index in [0.717, 1.165) is 19.3 Å². The van der Waals surface area contributed by atoms with Crippen LogP contribution in [0.5, 0.6) is 0 Å². The van der Waals surface area contributed by atoms with Gasteiger partial charge in [0.1, 0.15) is 0 Å². The summed E-state index contributed by atoms with van der Waals surface area (Å²) in [4.78, 5) is 23.3. The molecule has 1 saturated carbocycles. The van der Waals surface area contributed by atoms with Crippen LogP contribution in [0.25, 0.3) is 0 Å². The molecule has 2 atom stereocenters. The van der Waals surface area contributed by atoms with Gasteiger partial charge in [0.25, 0.3) is 0 Å². The first kappa shape index (κ1) is 13.3. The van der Waals surface area contributed by atoms with Crippen LogP contribution in [-0.4, -0.2) is 44.2 Å². The minimum absolute atomic E-state index is 0.604. The van der Waals surface area contributed by atoms with Gasteiger partial charge in [0.2, 0.25) is 0 Å². The van der Waals surface area contributed by atoms with E-state index in [-0.39, 0.29) is 0 Å². The van der Waals surface area contributed by atoms with E-state index >= 15 is 0 Å². The van der Waals surface area contributed by atoms with Gasteiger partial charge in [-0.3, -0.25) is 0 Å². The monoisotopic (exact) mass is 258 g/mol. The molecule has 0 N–H and O–H groups in total. The van der Waals surface area contributed by atoms with Gasteiger partial charge in [-0.1, -0.05) is 6.42 Å². The predicted octanol–water partition coefficient (Wildman–Crippen LogP) is 0.777. The average Bonchev–Trinajstić information content (AvgIpc) is 2.77. The summed E-state index contributed by atoms with van der Waals surface area (Å²) in [7, 11) is 2.51. The lowest BCUT2D eigenvalue weighted by atomic mass is 9.94. The van der Waals surface area contributed by atoms with E-state index in [9.17, 15) is 9.59 Å². The van der Waals surface area contributed by atoms with Gasteiger partial charge < -0.3 is 18.9 Å². The maximum absolute atomic E-state index is 11.6. The van der Waals surface area contributed by atoms with Crippen molar-refractivity contribution in [2.75, 3.05) is 14.2 Å². The third-order valence-corrected chi connectivity index (χ3v) is 3.44. The average molecular weight is 258 g/mol. The van der Waals surface area contributed by atoms with Gasteiger partial charge in [-0.15, -0.1) is 0 Å². The summed E-state index contributed by atoms with van der Waals surface area (Å²) in [5.41, 5.74) is 0. The van der Waals surface area contributed by atoms with Gasteiger partial charge in [0, 0.05) is 12.8 Å². The smallest absolute Gasteiger partial charge is 0.338 e. The third-order valence-electron chi connectivity index (χ3n) is 3.44. The molecule has 0 amide bonds. The van der Waals surface area contributed by atoms with Gasteiger partial charge in [0.15, 0.2) is 18.0 Å². The summed E-state index contributed by atoms with van der Waals surface area (Å²) in [5, 5.41) is 0. The highest BCUT2D eigenvalue weighted by atomic mass is 16.8. The highest BCUT2D eigenvalue weighted by Crippen LogP contribution is 2.41.